The van der Waals surface area contributed by atoms with Gasteiger partial charge in [0.1, 0.15) is 0 Å². The van der Waals surface area contributed by atoms with E-state index in [1.807, 2.05) is 12.1 Å². The highest BCUT2D eigenvalue weighted by molar-refractivity contribution is 5.67. The Morgan fingerprint density at radius 3 is 2.45 bits per heavy atom. The maximum atomic E-state index is 6.07. The molecule has 4 heteroatoms. The lowest BCUT2D eigenvalue weighted by molar-refractivity contribution is 0.0517. The Hall–Kier alpha value is -1.26. The number of nitrogens with zero attached hydrogens (tertiary/aromatic N) is 2. The number of rotatable bonds is 3. The first-order chi connectivity index (χ1) is 9.83. The Labute approximate surface area is 121 Å². The van der Waals surface area contributed by atoms with Crippen LogP contribution in [0.25, 0.3) is 0 Å². The van der Waals surface area contributed by atoms with E-state index in [2.05, 4.69) is 21.9 Å². The molecule has 2 fully saturated rings. The molecular weight excluding hydrogens is 250 g/mol. The van der Waals surface area contributed by atoms with Crippen molar-refractivity contribution in [3.8, 4) is 0 Å². The van der Waals surface area contributed by atoms with Gasteiger partial charge in [0.25, 0.3) is 0 Å². The predicted octanol–water partition coefficient (Wildman–Crippen LogP) is 1.82. The summed E-state index contributed by atoms with van der Waals surface area (Å²) in [5.41, 5.74) is 8.15. The highest BCUT2D eigenvalue weighted by atomic mass is 16.5. The van der Waals surface area contributed by atoms with E-state index in [4.69, 9.17) is 10.5 Å². The van der Waals surface area contributed by atoms with Crippen molar-refractivity contribution in [2.24, 2.45) is 5.92 Å². The van der Waals surface area contributed by atoms with Crippen LogP contribution in [0.5, 0.6) is 0 Å². The monoisotopic (exact) mass is 275 g/mol. The fourth-order valence-corrected chi connectivity index (χ4v) is 3.24. The fourth-order valence-electron chi connectivity index (χ4n) is 3.24. The van der Waals surface area contributed by atoms with E-state index in [-0.39, 0.29) is 0 Å². The molecule has 0 unspecified atom stereocenters. The molecule has 0 aromatic heterocycles. The zero-order valence-corrected chi connectivity index (χ0v) is 12.1. The van der Waals surface area contributed by atoms with Crippen molar-refractivity contribution in [3.63, 3.8) is 0 Å². The van der Waals surface area contributed by atoms with Gasteiger partial charge in [-0.15, -0.1) is 0 Å². The molecule has 1 aromatic rings. The Balaban J connectivity index is 1.50. The van der Waals surface area contributed by atoms with Crippen LogP contribution >= 0.6 is 0 Å². The van der Waals surface area contributed by atoms with Crippen molar-refractivity contribution < 1.29 is 4.74 Å². The molecule has 0 amide bonds. The average molecular weight is 275 g/mol. The van der Waals surface area contributed by atoms with Crippen molar-refractivity contribution in [1.29, 1.82) is 0 Å². The molecule has 20 heavy (non-hydrogen) atoms. The highest BCUT2D eigenvalue weighted by Crippen LogP contribution is 2.24. The zero-order valence-electron chi connectivity index (χ0n) is 12.1. The van der Waals surface area contributed by atoms with Crippen LogP contribution in [0.15, 0.2) is 24.3 Å². The van der Waals surface area contributed by atoms with Crippen LogP contribution in [0.2, 0.25) is 0 Å². The van der Waals surface area contributed by atoms with E-state index in [1.54, 1.807) is 0 Å². The topological polar surface area (TPSA) is 41.7 Å². The lowest BCUT2D eigenvalue weighted by atomic mass is 9.99. The minimum atomic E-state index is 0.831. The fraction of sp³-hybridized carbons (Fsp3) is 0.625. The number of benzene rings is 1. The third-order valence-electron chi connectivity index (χ3n) is 4.51. The lowest BCUT2D eigenvalue weighted by Crippen LogP contribution is -2.48. The maximum Gasteiger partial charge on any atom is 0.0600 e. The highest BCUT2D eigenvalue weighted by Gasteiger charge is 2.22. The van der Waals surface area contributed by atoms with Gasteiger partial charge in [0.05, 0.1) is 11.4 Å². The van der Waals surface area contributed by atoms with Gasteiger partial charge in [-0.25, -0.2) is 0 Å². The standard InChI is InChI=1S/C16H25N3O/c17-15-3-1-2-4-16(15)19-9-7-18(8-10-19)13-14-5-11-20-12-6-14/h1-4,14H,5-13,17H2. The molecular formula is C16H25N3O. The van der Waals surface area contributed by atoms with Gasteiger partial charge in [0.15, 0.2) is 0 Å². The second kappa shape index (κ2) is 6.46. The molecule has 0 bridgehead atoms. The molecule has 2 aliphatic heterocycles. The molecule has 0 radical (unpaired) electrons. The molecule has 0 spiro atoms. The molecule has 0 atom stereocenters. The summed E-state index contributed by atoms with van der Waals surface area (Å²) in [6.07, 6.45) is 2.46. The van der Waals surface area contributed by atoms with E-state index in [0.29, 0.717) is 0 Å². The molecule has 2 aliphatic rings. The zero-order chi connectivity index (χ0) is 13.8. The number of piperazine rings is 1. The largest absolute Gasteiger partial charge is 0.397 e. The number of hydrogen-bond donors (Lipinski definition) is 1. The van der Waals surface area contributed by atoms with Gasteiger partial charge in [0.2, 0.25) is 0 Å². The van der Waals surface area contributed by atoms with E-state index in [1.165, 1.54) is 25.1 Å². The van der Waals surface area contributed by atoms with Crippen molar-refractivity contribution in [3.05, 3.63) is 24.3 Å². The van der Waals surface area contributed by atoms with E-state index in [0.717, 1.165) is 51.0 Å². The summed E-state index contributed by atoms with van der Waals surface area (Å²) < 4.78 is 5.44. The summed E-state index contributed by atoms with van der Waals surface area (Å²) in [4.78, 5) is 5.02. The van der Waals surface area contributed by atoms with Gasteiger partial charge in [-0.2, -0.15) is 0 Å². The summed E-state index contributed by atoms with van der Waals surface area (Å²) in [6.45, 7) is 7.59. The SMILES string of the molecule is Nc1ccccc1N1CCN(CC2CCOCC2)CC1. The first-order valence-corrected chi connectivity index (χ1v) is 7.72. The van der Waals surface area contributed by atoms with Crippen molar-refractivity contribution in [2.45, 2.75) is 12.8 Å². The van der Waals surface area contributed by atoms with Crippen molar-refractivity contribution in [1.82, 2.24) is 4.90 Å². The molecule has 110 valence electrons. The van der Waals surface area contributed by atoms with Crippen LogP contribution in [-0.2, 0) is 4.74 Å². The molecule has 0 aliphatic carbocycles. The molecule has 3 rings (SSSR count). The molecule has 0 saturated carbocycles. The summed E-state index contributed by atoms with van der Waals surface area (Å²) in [6, 6.07) is 8.19. The number of para-hydroxylation sites is 2. The van der Waals surface area contributed by atoms with Gasteiger partial charge >= 0.3 is 0 Å². The Morgan fingerprint density at radius 1 is 1.05 bits per heavy atom. The van der Waals surface area contributed by atoms with Crippen LogP contribution in [0.1, 0.15) is 12.8 Å². The van der Waals surface area contributed by atoms with Crippen LogP contribution in [0.3, 0.4) is 0 Å². The second-order valence-corrected chi connectivity index (χ2v) is 5.90. The summed E-state index contributed by atoms with van der Waals surface area (Å²) in [5, 5.41) is 0. The smallest absolute Gasteiger partial charge is 0.0600 e. The maximum absolute atomic E-state index is 6.07. The normalized spacial score (nSPS) is 22.1. The number of nitrogens with two attached hydrogens (primary N) is 1. The summed E-state index contributed by atoms with van der Waals surface area (Å²) in [7, 11) is 0. The van der Waals surface area contributed by atoms with E-state index >= 15 is 0 Å². The molecule has 1 aromatic carbocycles. The minimum Gasteiger partial charge on any atom is -0.397 e. The molecule has 2 saturated heterocycles. The Morgan fingerprint density at radius 2 is 1.75 bits per heavy atom. The van der Waals surface area contributed by atoms with Crippen LogP contribution in [0, 0.1) is 5.92 Å². The number of nitrogen functional groups attached to an aromatic ring is 1. The molecule has 4 nitrogen and oxygen atoms in total. The Bertz CT molecular complexity index is 423. The Kier molecular flexibility index (Phi) is 4.43. The number of anilines is 2. The van der Waals surface area contributed by atoms with Gasteiger partial charge < -0.3 is 15.4 Å². The van der Waals surface area contributed by atoms with Crippen LogP contribution < -0.4 is 10.6 Å². The third kappa shape index (κ3) is 3.25. The van der Waals surface area contributed by atoms with Crippen LogP contribution in [0.4, 0.5) is 11.4 Å². The van der Waals surface area contributed by atoms with Gasteiger partial charge in [0, 0.05) is 45.9 Å². The number of ether oxygens (including phenoxy) is 1. The lowest BCUT2D eigenvalue weighted by Gasteiger charge is -2.38. The van der Waals surface area contributed by atoms with Crippen LogP contribution in [-0.4, -0.2) is 50.8 Å². The summed E-state index contributed by atoms with van der Waals surface area (Å²) in [5.74, 6) is 0.831. The van der Waals surface area contributed by atoms with E-state index in [9.17, 15) is 0 Å². The first-order valence-electron chi connectivity index (χ1n) is 7.72. The predicted molar refractivity (Wildman–Crippen MR) is 83.1 cm³/mol. The van der Waals surface area contributed by atoms with Gasteiger partial charge in [-0.1, -0.05) is 12.1 Å². The van der Waals surface area contributed by atoms with Gasteiger partial charge in [-0.05, 0) is 30.9 Å². The van der Waals surface area contributed by atoms with Crippen molar-refractivity contribution in [2.75, 3.05) is 56.6 Å². The first kappa shape index (κ1) is 13.7. The quantitative estimate of drug-likeness (QED) is 0.854. The molecule has 2 N–H and O–H groups in total. The van der Waals surface area contributed by atoms with Gasteiger partial charge in [-0.3, -0.25) is 4.90 Å². The second-order valence-electron chi connectivity index (χ2n) is 5.90. The van der Waals surface area contributed by atoms with E-state index < -0.39 is 0 Å². The summed E-state index contributed by atoms with van der Waals surface area (Å²) >= 11 is 0. The molecule has 2 heterocycles. The third-order valence-corrected chi connectivity index (χ3v) is 4.51. The van der Waals surface area contributed by atoms with Crippen molar-refractivity contribution >= 4 is 11.4 Å². The number of hydrogen-bond acceptors (Lipinski definition) is 4. The average Bonchev–Trinajstić information content (AvgIpc) is 2.50. The minimum absolute atomic E-state index is 0.831.